The van der Waals surface area contributed by atoms with Crippen molar-refractivity contribution < 1.29 is 13.2 Å². The third-order valence-electron chi connectivity index (χ3n) is 4.42. The number of nitrogens with zero attached hydrogens (tertiary/aromatic N) is 1. The molecule has 1 aromatic carbocycles. The molecule has 23 heavy (non-hydrogen) atoms. The summed E-state index contributed by atoms with van der Waals surface area (Å²) in [7, 11) is -3.48. The number of hydrogen-bond donors (Lipinski definition) is 1. The van der Waals surface area contributed by atoms with Crippen LogP contribution in [0.1, 0.15) is 45.1 Å². The zero-order valence-electron chi connectivity index (χ0n) is 13.9. The highest BCUT2D eigenvalue weighted by molar-refractivity contribution is 7.89. The van der Waals surface area contributed by atoms with E-state index in [-0.39, 0.29) is 18.4 Å². The van der Waals surface area contributed by atoms with E-state index in [9.17, 15) is 13.2 Å². The monoisotopic (exact) mass is 338 g/mol. The normalized spacial score (nSPS) is 17.7. The molecule has 0 aromatic heterocycles. The number of benzene rings is 1. The summed E-state index contributed by atoms with van der Waals surface area (Å²) in [5, 5.41) is 2.84. The third kappa shape index (κ3) is 4.32. The summed E-state index contributed by atoms with van der Waals surface area (Å²) < 4.78 is 27.3. The van der Waals surface area contributed by atoms with E-state index >= 15 is 0 Å². The molecular formula is C17H26N2O3S. The van der Waals surface area contributed by atoms with Crippen LogP contribution in [0.3, 0.4) is 0 Å². The Morgan fingerprint density at radius 1 is 1.22 bits per heavy atom. The molecule has 1 fully saturated rings. The fourth-order valence-electron chi connectivity index (χ4n) is 2.69. The van der Waals surface area contributed by atoms with Gasteiger partial charge in [0, 0.05) is 25.6 Å². The first-order valence-electron chi connectivity index (χ1n) is 8.32. The van der Waals surface area contributed by atoms with Crippen molar-refractivity contribution in [3.05, 3.63) is 29.8 Å². The molecule has 1 N–H and O–H groups in total. The summed E-state index contributed by atoms with van der Waals surface area (Å²) in [6.07, 6.45) is 3.66. The van der Waals surface area contributed by atoms with Crippen LogP contribution in [0.4, 0.5) is 0 Å². The van der Waals surface area contributed by atoms with Crippen LogP contribution in [0.15, 0.2) is 29.2 Å². The predicted molar refractivity (Wildman–Crippen MR) is 90.4 cm³/mol. The molecule has 1 unspecified atom stereocenters. The van der Waals surface area contributed by atoms with E-state index in [1.807, 2.05) is 13.8 Å². The zero-order valence-corrected chi connectivity index (χ0v) is 14.7. The maximum Gasteiger partial charge on any atom is 0.243 e. The minimum Gasteiger partial charge on any atom is -0.352 e. The SMILES string of the molecule is CCC(C)C(=O)NCc1ccccc1S(=O)(=O)N1CCCCC1. The lowest BCUT2D eigenvalue weighted by Gasteiger charge is -2.27. The molecule has 1 aliphatic heterocycles. The van der Waals surface area contributed by atoms with Crippen LogP contribution in [0, 0.1) is 5.92 Å². The molecule has 2 rings (SSSR count). The fraction of sp³-hybridized carbons (Fsp3) is 0.588. The topological polar surface area (TPSA) is 66.5 Å². The molecule has 0 saturated carbocycles. The quantitative estimate of drug-likeness (QED) is 0.867. The zero-order chi connectivity index (χ0) is 16.9. The minimum atomic E-state index is -3.48. The van der Waals surface area contributed by atoms with Crippen molar-refractivity contribution in [1.82, 2.24) is 9.62 Å². The Hall–Kier alpha value is -1.40. The number of hydrogen-bond acceptors (Lipinski definition) is 3. The number of nitrogens with one attached hydrogen (secondary N) is 1. The molecule has 128 valence electrons. The van der Waals surface area contributed by atoms with Gasteiger partial charge in [0.25, 0.3) is 0 Å². The molecule has 0 bridgehead atoms. The van der Waals surface area contributed by atoms with Gasteiger partial charge >= 0.3 is 0 Å². The average molecular weight is 338 g/mol. The van der Waals surface area contributed by atoms with Gasteiger partial charge in [-0.2, -0.15) is 4.31 Å². The number of carbonyl (C=O) groups excluding carboxylic acids is 1. The number of piperidine rings is 1. The van der Waals surface area contributed by atoms with Crippen LogP contribution in [0.5, 0.6) is 0 Å². The van der Waals surface area contributed by atoms with Gasteiger partial charge in [-0.25, -0.2) is 8.42 Å². The Morgan fingerprint density at radius 2 is 1.87 bits per heavy atom. The first kappa shape index (κ1) is 17.9. The highest BCUT2D eigenvalue weighted by atomic mass is 32.2. The second kappa shape index (κ2) is 7.93. The van der Waals surface area contributed by atoms with Crippen molar-refractivity contribution >= 4 is 15.9 Å². The molecule has 1 atom stereocenters. The van der Waals surface area contributed by atoms with Crippen LogP contribution in [-0.2, 0) is 21.4 Å². The van der Waals surface area contributed by atoms with Gasteiger partial charge < -0.3 is 5.32 Å². The Labute approximate surface area is 139 Å². The molecule has 1 aliphatic rings. The van der Waals surface area contributed by atoms with Gasteiger partial charge in [0.1, 0.15) is 0 Å². The molecule has 0 spiro atoms. The summed E-state index contributed by atoms with van der Waals surface area (Å²) in [5.41, 5.74) is 0.648. The summed E-state index contributed by atoms with van der Waals surface area (Å²) in [6.45, 7) is 5.23. The van der Waals surface area contributed by atoms with Crippen molar-refractivity contribution in [2.45, 2.75) is 51.0 Å². The summed E-state index contributed by atoms with van der Waals surface area (Å²) in [4.78, 5) is 12.3. The largest absolute Gasteiger partial charge is 0.352 e. The van der Waals surface area contributed by atoms with E-state index in [4.69, 9.17) is 0 Å². The highest BCUT2D eigenvalue weighted by Gasteiger charge is 2.27. The van der Waals surface area contributed by atoms with Gasteiger partial charge in [0.05, 0.1) is 4.90 Å². The van der Waals surface area contributed by atoms with Gasteiger partial charge in [-0.1, -0.05) is 38.5 Å². The molecule has 5 nitrogen and oxygen atoms in total. The van der Waals surface area contributed by atoms with Crippen LogP contribution >= 0.6 is 0 Å². The number of amides is 1. The van der Waals surface area contributed by atoms with Crippen LogP contribution < -0.4 is 5.32 Å². The van der Waals surface area contributed by atoms with E-state index in [1.165, 1.54) is 0 Å². The van der Waals surface area contributed by atoms with Crippen LogP contribution in [0.2, 0.25) is 0 Å². The number of rotatable bonds is 6. The van der Waals surface area contributed by atoms with Crippen molar-refractivity contribution in [2.75, 3.05) is 13.1 Å². The van der Waals surface area contributed by atoms with E-state index < -0.39 is 10.0 Å². The summed E-state index contributed by atoms with van der Waals surface area (Å²) >= 11 is 0. The van der Waals surface area contributed by atoms with Crippen LogP contribution in [-0.4, -0.2) is 31.7 Å². The van der Waals surface area contributed by atoms with E-state index in [2.05, 4.69) is 5.32 Å². The van der Waals surface area contributed by atoms with E-state index in [0.717, 1.165) is 25.7 Å². The first-order valence-corrected chi connectivity index (χ1v) is 9.76. The van der Waals surface area contributed by atoms with Crippen molar-refractivity contribution in [3.8, 4) is 0 Å². The van der Waals surface area contributed by atoms with Crippen molar-refractivity contribution in [1.29, 1.82) is 0 Å². The third-order valence-corrected chi connectivity index (χ3v) is 6.42. The summed E-state index contributed by atoms with van der Waals surface area (Å²) in [5.74, 6) is -0.112. The Kier molecular flexibility index (Phi) is 6.18. The highest BCUT2D eigenvalue weighted by Crippen LogP contribution is 2.23. The number of carbonyl (C=O) groups is 1. The molecule has 0 radical (unpaired) electrons. The molecule has 0 aliphatic carbocycles. The first-order chi connectivity index (χ1) is 11.0. The molecule has 1 saturated heterocycles. The molecule has 6 heteroatoms. The maximum atomic E-state index is 12.9. The lowest BCUT2D eigenvalue weighted by molar-refractivity contribution is -0.124. The fourth-order valence-corrected chi connectivity index (χ4v) is 4.43. The summed E-state index contributed by atoms with van der Waals surface area (Å²) in [6, 6.07) is 6.94. The van der Waals surface area contributed by atoms with Gasteiger partial charge in [0.15, 0.2) is 0 Å². The molecule has 1 aromatic rings. The Morgan fingerprint density at radius 3 is 2.52 bits per heavy atom. The van der Waals surface area contributed by atoms with Crippen LogP contribution in [0.25, 0.3) is 0 Å². The second-order valence-electron chi connectivity index (χ2n) is 6.10. The molecule has 1 amide bonds. The van der Waals surface area contributed by atoms with E-state index in [1.54, 1.807) is 28.6 Å². The van der Waals surface area contributed by atoms with Gasteiger partial charge in [0.2, 0.25) is 15.9 Å². The van der Waals surface area contributed by atoms with Crippen molar-refractivity contribution in [2.24, 2.45) is 5.92 Å². The van der Waals surface area contributed by atoms with E-state index in [0.29, 0.717) is 23.5 Å². The standard InChI is InChI=1S/C17H26N2O3S/c1-3-14(2)17(20)18-13-15-9-5-6-10-16(15)23(21,22)19-11-7-4-8-12-19/h5-6,9-10,14H,3-4,7-8,11-13H2,1-2H3,(H,18,20). The minimum absolute atomic E-state index is 0.0438. The van der Waals surface area contributed by atoms with Gasteiger partial charge in [-0.3, -0.25) is 4.79 Å². The van der Waals surface area contributed by atoms with Crippen molar-refractivity contribution in [3.63, 3.8) is 0 Å². The number of sulfonamides is 1. The second-order valence-corrected chi connectivity index (χ2v) is 8.01. The Balaban J connectivity index is 2.18. The smallest absolute Gasteiger partial charge is 0.243 e. The lowest BCUT2D eigenvalue weighted by atomic mass is 10.1. The maximum absolute atomic E-state index is 12.9. The predicted octanol–water partition coefficient (Wildman–Crippen LogP) is 2.52. The Bertz CT molecular complexity index is 637. The van der Waals surface area contributed by atoms with Gasteiger partial charge in [-0.15, -0.1) is 0 Å². The molecule has 1 heterocycles. The molecular weight excluding hydrogens is 312 g/mol. The van der Waals surface area contributed by atoms with Gasteiger partial charge in [-0.05, 0) is 30.9 Å². The average Bonchev–Trinajstić information content (AvgIpc) is 2.59. The lowest BCUT2D eigenvalue weighted by Crippen LogP contribution is -2.36.